The van der Waals surface area contributed by atoms with E-state index in [0.29, 0.717) is 4.83 Å². The van der Waals surface area contributed by atoms with E-state index >= 15 is 0 Å². The third-order valence-corrected chi connectivity index (χ3v) is 6.58. The molecule has 0 radical (unpaired) electrons. The molecule has 3 rings (SSSR count). The van der Waals surface area contributed by atoms with Gasteiger partial charge in [0.1, 0.15) is 5.75 Å². The van der Waals surface area contributed by atoms with Crippen LogP contribution in [0.2, 0.25) is 0 Å². The van der Waals surface area contributed by atoms with Crippen molar-refractivity contribution in [3.8, 4) is 5.75 Å². The number of fused-ring (bicyclic) bond motifs is 1. The minimum atomic E-state index is 0.524. The standard InChI is InChI=1S/C19H27BrO/c1-2-3-4-14-5-7-15(8-6-14)19(20)17-9-10-18-16(13-17)11-12-21-18/h9-10,13-15,19H,2-8,11-12H2,1H3. The number of ether oxygens (including phenoxy) is 1. The molecule has 0 amide bonds. The first kappa shape index (κ1) is 15.4. The van der Waals surface area contributed by atoms with Crippen LogP contribution in [0, 0.1) is 11.8 Å². The molecule has 0 bridgehead atoms. The summed E-state index contributed by atoms with van der Waals surface area (Å²) in [6, 6.07) is 6.79. The lowest BCUT2D eigenvalue weighted by Gasteiger charge is -2.31. The average molecular weight is 351 g/mol. The van der Waals surface area contributed by atoms with Crippen LogP contribution in [0.1, 0.15) is 67.8 Å². The van der Waals surface area contributed by atoms with Gasteiger partial charge in [-0.1, -0.05) is 67.1 Å². The largest absolute Gasteiger partial charge is 0.493 e. The van der Waals surface area contributed by atoms with Gasteiger partial charge in [-0.25, -0.2) is 0 Å². The molecule has 0 spiro atoms. The fraction of sp³-hybridized carbons (Fsp3) is 0.684. The first-order valence-corrected chi connectivity index (χ1v) is 9.59. The molecule has 1 heterocycles. The van der Waals surface area contributed by atoms with Crippen LogP contribution in [0.25, 0.3) is 0 Å². The maximum Gasteiger partial charge on any atom is 0.122 e. The lowest BCUT2D eigenvalue weighted by Crippen LogP contribution is -2.18. The van der Waals surface area contributed by atoms with Crippen molar-refractivity contribution in [1.29, 1.82) is 0 Å². The molecule has 0 saturated heterocycles. The highest BCUT2D eigenvalue weighted by Gasteiger charge is 2.27. The number of unbranched alkanes of at least 4 members (excludes halogenated alkanes) is 1. The highest BCUT2D eigenvalue weighted by atomic mass is 79.9. The smallest absolute Gasteiger partial charge is 0.122 e. The van der Waals surface area contributed by atoms with E-state index in [0.717, 1.165) is 30.6 Å². The molecule has 1 aromatic rings. The zero-order valence-corrected chi connectivity index (χ0v) is 14.7. The van der Waals surface area contributed by atoms with Crippen molar-refractivity contribution < 1.29 is 4.74 Å². The Morgan fingerprint density at radius 2 is 2.05 bits per heavy atom. The Balaban J connectivity index is 1.57. The first-order chi connectivity index (χ1) is 10.3. The Labute approximate surface area is 137 Å². The number of halogens is 1. The summed E-state index contributed by atoms with van der Waals surface area (Å²) in [7, 11) is 0. The summed E-state index contributed by atoms with van der Waals surface area (Å²) in [5.41, 5.74) is 2.85. The van der Waals surface area contributed by atoms with Crippen molar-refractivity contribution in [2.45, 2.75) is 63.1 Å². The molecule has 116 valence electrons. The predicted octanol–water partition coefficient (Wildman–Crippen LogP) is 6.05. The monoisotopic (exact) mass is 350 g/mol. The summed E-state index contributed by atoms with van der Waals surface area (Å²) in [5, 5.41) is 0. The molecule has 1 aliphatic heterocycles. The molecule has 2 heteroatoms. The highest BCUT2D eigenvalue weighted by Crippen LogP contribution is 2.43. The van der Waals surface area contributed by atoms with Crippen LogP contribution in [0.5, 0.6) is 5.75 Å². The van der Waals surface area contributed by atoms with Crippen molar-refractivity contribution >= 4 is 15.9 Å². The van der Waals surface area contributed by atoms with Gasteiger partial charge in [0.15, 0.2) is 0 Å². The van der Waals surface area contributed by atoms with E-state index in [-0.39, 0.29) is 0 Å². The van der Waals surface area contributed by atoms with E-state index in [1.54, 1.807) is 0 Å². The van der Waals surface area contributed by atoms with Crippen LogP contribution in [0.3, 0.4) is 0 Å². The third kappa shape index (κ3) is 3.64. The van der Waals surface area contributed by atoms with Gasteiger partial charge in [0, 0.05) is 11.2 Å². The molecule has 1 nitrogen and oxygen atoms in total. The maximum absolute atomic E-state index is 5.61. The van der Waals surface area contributed by atoms with Crippen molar-refractivity contribution in [3.63, 3.8) is 0 Å². The first-order valence-electron chi connectivity index (χ1n) is 8.67. The molecular formula is C19H27BrO. The van der Waals surface area contributed by atoms with Gasteiger partial charge in [-0.15, -0.1) is 0 Å². The molecule has 1 atom stereocenters. The van der Waals surface area contributed by atoms with Crippen molar-refractivity contribution in [2.75, 3.05) is 6.61 Å². The normalized spacial score (nSPS) is 26.2. The zero-order valence-electron chi connectivity index (χ0n) is 13.1. The Morgan fingerprint density at radius 3 is 2.81 bits per heavy atom. The minimum Gasteiger partial charge on any atom is -0.493 e. The van der Waals surface area contributed by atoms with Crippen LogP contribution >= 0.6 is 15.9 Å². The van der Waals surface area contributed by atoms with Crippen molar-refractivity contribution in [3.05, 3.63) is 29.3 Å². The molecule has 1 aromatic carbocycles. The molecule has 1 unspecified atom stereocenters. The summed E-state index contributed by atoms with van der Waals surface area (Å²) in [6.07, 6.45) is 10.9. The molecule has 1 fully saturated rings. The van der Waals surface area contributed by atoms with E-state index in [9.17, 15) is 0 Å². The van der Waals surface area contributed by atoms with Gasteiger partial charge < -0.3 is 4.74 Å². The summed E-state index contributed by atoms with van der Waals surface area (Å²) in [5.74, 6) is 2.90. The quantitative estimate of drug-likeness (QED) is 0.587. The number of hydrogen-bond donors (Lipinski definition) is 0. The maximum atomic E-state index is 5.61. The number of hydrogen-bond acceptors (Lipinski definition) is 1. The van der Waals surface area contributed by atoms with E-state index in [1.807, 2.05) is 0 Å². The van der Waals surface area contributed by atoms with Crippen molar-refractivity contribution in [1.82, 2.24) is 0 Å². The Bertz CT molecular complexity index is 463. The van der Waals surface area contributed by atoms with Crippen LogP contribution < -0.4 is 4.74 Å². The van der Waals surface area contributed by atoms with Gasteiger partial charge in [0.25, 0.3) is 0 Å². The van der Waals surface area contributed by atoms with Crippen LogP contribution in [0.15, 0.2) is 18.2 Å². The highest BCUT2D eigenvalue weighted by molar-refractivity contribution is 9.09. The lowest BCUT2D eigenvalue weighted by molar-refractivity contribution is 0.257. The summed E-state index contributed by atoms with van der Waals surface area (Å²) >= 11 is 3.99. The molecule has 1 saturated carbocycles. The van der Waals surface area contributed by atoms with Gasteiger partial charge in [-0.3, -0.25) is 0 Å². The summed E-state index contributed by atoms with van der Waals surface area (Å²) in [6.45, 7) is 3.16. The van der Waals surface area contributed by atoms with Gasteiger partial charge in [0.05, 0.1) is 6.61 Å². The second-order valence-corrected chi connectivity index (χ2v) is 7.78. The molecule has 21 heavy (non-hydrogen) atoms. The fourth-order valence-corrected chi connectivity index (χ4v) is 4.73. The molecule has 0 aromatic heterocycles. The lowest BCUT2D eigenvalue weighted by atomic mass is 9.77. The molecule has 2 aliphatic rings. The second kappa shape index (κ2) is 7.17. The topological polar surface area (TPSA) is 9.23 Å². The SMILES string of the molecule is CCCCC1CCC(C(Br)c2ccc3c(c2)CCO3)CC1. The van der Waals surface area contributed by atoms with Gasteiger partial charge in [0.2, 0.25) is 0 Å². The fourth-order valence-electron chi connectivity index (χ4n) is 3.91. The molecular weight excluding hydrogens is 324 g/mol. The Kier molecular flexibility index (Phi) is 5.26. The third-order valence-electron chi connectivity index (χ3n) is 5.30. The van der Waals surface area contributed by atoms with Crippen molar-refractivity contribution in [2.24, 2.45) is 11.8 Å². The van der Waals surface area contributed by atoms with E-state index in [4.69, 9.17) is 4.74 Å². The van der Waals surface area contributed by atoms with Crippen LogP contribution in [0.4, 0.5) is 0 Å². The average Bonchev–Trinajstić information content (AvgIpc) is 3.00. The molecule has 0 N–H and O–H groups in total. The Hall–Kier alpha value is -0.500. The molecule has 1 aliphatic carbocycles. The summed E-state index contributed by atoms with van der Waals surface area (Å²) in [4.78, 5) is 0.524. The van der Waals surface area contributed by atoms with Gasteiger partial charge in [-0.05, 0) is 41.9 Å². The number of benzene rings is 1. The zero-order chi connectivity index (χ0) is 14.7. The van der Waals surface area contributed by atoms with E-state index < -0.39 is 0 Å². The predicted molar refractivity (Wildman–Crippen MR) is 92.3 cm³/mol. The van der Waals surface area contributed by atoms with E-state index in [2.05, 4.69) is 41.1 Å². The number of rotatable bonds is 5. The Morgan fingerprint density at radius 1 is 1.24 bits per heavy atom. The van der Waals surface area contributed by atoms with Gasteiger partial charge >= 0.3 is 0 Å². The number of alkyl halides is 1. The van der Waals surface area contributed by atoms with E-state index in [1.165, 1.54) is 56.1 Å². The minimum absolute atomic E-state index is 0.524. The van der Waals surface area contributed by atoms with Crippen LogP contribution in [-0.2, 0) is 6.42 Å². The van der Waals surface area contributed by atoms with Gasteiger partial charge in [-0.2, -0.15) is 0 Å². The van der Waals surface area contributed by atoms with Crippen LogP contribution in [-0.4, -0.2) is 6.61 Å². The second-order valence-electron chi connectivity index (χ2n) is 6.79. The summed E-state index contributed by atoms with van der Waals surface area (Å²) < 4.78 is 5.61.